The van der Waals surface area contributed by atoms with Crippen molar-refractivity contribution >= 4 is 16.9 Å². The van der Waals surface area contributed by atoms with E-state index in [1.807, 2.05) is 38.2 Å². The first-order valence-electron chi connectivity index (χ1n) is 6.07. The maximum Gasteiger partial charge on any atom is 0.304 e. The zero-order valence-corrected chi connectivity index (χ0v) is 10.7. The third kappa shape index (κ3) is 2.38. The highest BCUT2D eigenvalue weighted by Crippen LogP contribution is 2.30. The lowest BCUT2D eigenvalue weighted by molar-refractivity contribution is -0.137. The van der Waals surface area contributed by atoms with E-state index in [0.29, 0.717) is 6.54 Å². The van der Waals surface area contributed by atoms with Crippen LogP contribution >= 0.6 is 0 Å². The number of hydrogen-bond acceptors (Lipinski definition) is 2. The van der Waals surface area contributed by atoms with E-state index in [9.17, 15) is 4.79 Å². The Hall–Kier alpha value is -1.81. The van der Waals surface area contributed by atoms with Gasteiger partial charge in [-0.3, -0.25) is 4.79 Å². The fourth-order valence-electron chi connectivity index (χ4n) is 2.56. The van der Waals surface area contributed by atoms with E-state index < -0.39 is 5.97 Å². The quantitative estimate of drug-likeness (QED) is 0.758. The van der Waals surface area contributed by atoms with Crippen LogP contribution in [0.25, 0.3) is 10.9 Å². The average molecular weight is 246 g/mol. The van der Waals surface area contributed by atoms with Crippen LogP contribution in [0, 0.1) is 6.92 Å². The van der Waals surface area contributed by atoms with E-state index in [1.165, 1.54) is 0 Å². The van der Waals surface area contributed by atoms with Crippen molar-refractivity contribution in [2.75, 3.05) is 13.6 Å². The first-order chi connectivity index (χ1) is 8.63. The number of aliphatic carboxylic acids is 1. The number of aromatic nitrogens is 1. The lowest BCUT2D eigenvalue weighted by Crippen LogP contribution is -2.20. The highest BCUT2D eigenvalue weighted by atomic mass is 16.4. The number of rotatable bonds is 5. The Bertz CT molecular complexity index is 560. The largest absolute Gasteiger partial charge is 0.481 e. The fourth-order valence-corrected chi connectivity index (χ4v) is 2.56. The maximum absolute atomic E-state index is 11.0. The highest BCUT2D eigenvalue weighted by molar-refractivity contribution is 5.85. The summed E-state index contributed by atoms with van der Waals surface area (Å²) in [6.45, 7) is 2.66. The number of aromatic amines is 1. The predicted octanol–water partition coefficient (Wildman–Crippen LogP) is 2.25. The van der Waals surface area contributed by atoms with E-state index >= 15 is 0 Å². The van der Waals surface area contributed by atoms with E-state index in [4.69, 9.17) is 5.11 Å². The number of benzene rings is 1. The summed E-state index contributed by atoms with van der Waals surface area (Å²) in [6.07, 6.45) is 0.142. The van der Waals surface area contributed by atoms with Gasteiger partial charge in [-0.1, -0.05) is 18.2 Å². The van der Waals surface area contributed by atoms with Crippen LogP contribution in [-0.2, 0) is 4.79 Å². The third-order valence-electron chi connectivity index (χ3n) is 3.22. The van der Waals surface area contributed by atoms with Gasteiger partial charge in [-0.25, -0.2) is 0 Å². The summed E-state index contributed by atoms with van der Waals surface area (Å²) in [5.41, 5.74) is 3.23. The zero-order valence-electron chi connectivity index (χ0n) is 10.7. The lowest BCUT2D eigenvalue weighted by Gasteiger charge is -2.15. The molecule has 3 N–H and O–H groups in total. The molecule has 1 atom stereocenters. The molecule has 1 aromatic carbocycles. The predicted molar refractivity (Wildman–Crippen MR) is 72.0 cm³/mol. The van der Waals surface area contributed by atoms with Crippen LogP contribution in [-0.4, -0.2) is 29.7 Å². The number of carboxylic acid groups (broad SMARTS) is 1. The number of fused-ring (bicyclic) bond motifs is 1. The fraction of sp³-hybridized carbons (Fsp3) is 0.357. The van der Waals surface area contributed by atoms with Gasteiger partial charge in [0.15, 0.2) is 0 Å². The molecule has 96 valence electrons. The number of nitrogens with one attached hydrogen (secondary N) is 2. The minimum absolute atomic E-state index is 0.0105. The first-order valence-corrected chi connectivity index (χ1v) is 6.07. The SMILES string of the molecule is CNCC(CC(=O)O)c1c(C)[nH]c2ccccc12. The normalized spacial score (nSPS) is 12.8. The molecule has 0 bridgehead atoms. The molecule has 0 amide bonds. The van der Waals surface area contributed by atoms with Crippen molar-refractivity contribution in [1.82, 2.24) is 10.3 Å². The monoisotopic (exact) mass is 246 g/mol. The number of carboxylic acids is 1. The zero-order chi connectivity index (χ0) is 13.1. The van der Waals surface area contributed by atoms with Gasteiger partial charge in [0, 0.05) is 29.1 Å². The standard InChI is InChI=1S/C14H18N2O2/c1-9-14(10(8-15-2)7-13(17)18)11-5-3-4-6-12(11)16-9/h3-6,10,15-16H,7-8H2,1-2H3,(H,17,18). The minimum atomic E-state index is -0.764. The second kappa shape index (κ2) is 5.23. The molecule has 1 heterocycles. The van der Waals surface area contributed by atoms with Crippen LogP contribution in [0.1, 0.15) is 23.6 Å². The molecule has 2 rings (SSSR count). The van der Waals surface area contributed by atoms with Crippen molar-refractivity contribution < 1.29 is 9.90 Å². The molecule has 1 aromatic heterocycles. The molecule has 0 saturated carbocycles. The van der Waals surface area contributed by atoms with Gasteiger partial charge in [0.05, 0.1) is 6.42 Å². The van der Waals surface area contributed by atoms with Crippen molar-refractivity contribution in [3.8, 4) is 0 Å². The Labute approximate surface area is 106 Å². The van der Waals surface area contributed by atoms with Crippen LogP contribution in [0.2, 0.25) is 0 Å². The molecule has 18 heavy (non-hydrogen) atoms. The molecular weight excluding hydrogens is 228 g/mol. The molecule has 4 heteroatoms. The molecule has 0 aliphatic heterocycles. The molecule has 2 aromatic rings. The lowest BCUT2D eigenvalue weighted by atomic mass is 9.93. The number of carbonyl (C=O) groups is 1. The van der Waals surface area contributed by atoms with E-state index in [0.717, 1.165) is 22.2 Å². The number of aryl methyl sites for hydroxylation is 1. The van der Waals surface area contributed by atoms with Crippen LogP contribution in [0.3, 0.4) is 0 Å². The van der Waals surface area contributed by atoms with Crippen molar-refractivity contribution in [1.29, 1.82) is 0 Å². The van der Waals surface area contributed by atoms with E-state index in [2.05, 4.69) is 10.3 Å². The van der Waals surface area contributed by atoms with Crippen LogP contribution < -0.4 is 5.32 Å². The van der Waals surface area contributed by atoms with Crippen molar-refractivity contribution in [2.24, 2.45) is 0 Å². The van der Waals surface area contributed by atoms with Crippen LogP contribution in [0.5, 0.6) is 0 Å². The summed E-state index contributed by atoms with van der Waals surface area (Å²) in [5.74, 6) is -0.774. The third-order valence-corrected chi connectivity index (χ3v) is 3.22. The van der Waals surface area contributed by atoms with Crippen LogP contribution in [0.4, 0.5) is 0 Å². The Morgan fingerprint density at radius 2 is 2.17 bits per heavy atom. The van der Waals surface area contributed by atoms with Crippen molar-refractivity contribution in [3.63, 3.8) is 0 Å². The van der Waals surface area contributed by atoms with E-state index in [1.54, 1.807) is 0 Å². The maximum atomic E-state index is 11.0. The summed E-state index contributed by atoms with van der Waals surface area (Å²) in [4.78, 5) is 14.3. The summed E-state index contributed by atoms with van der Waals surface area (Å²) in [7, 11) is 1.85. The Morgan fingerprint density at radius 3 is 2.83 bits per heavy atom. The molecule has 0 aliphatic carbocycles. The molecular formula is C14H18N2O2. The number of hydrogen-bond donors (Lipinski definition) is 3. The van der Waals surface area contributed by atoms with Gasteiger partial charge < -0.3 is 15.4 Å². The second-order valence-electron chi connectivity index (χ2n) is 4.56. The van der Waals surface area contributed by atoms with Gasteiger partial charge in [0.1, 0.15) is 0 Å². The average Bonchev–Trinajstić information content (AvgIpc) is 2.63. The molecule has 0 saturated heterocycles. The van der Waals surface area contributed by atoms with Gasteiger partial charge in [0.2, 0.25) is 0 Å². The molecule has 0 spiro atoms. The minimum Gasteiger partial charge on any atom is -0.481 e. The topological polar surface area (TPSA) is 65.1 Å². The van der Waals surface area contributed by atoms with Crippen molar-refractivity contribution in [2.45, 2.75) is 19.3 Å². The van der Waals surface area contributed by atoms with Gasteiger partial charge in [-0.05, 0) is 25.6 Å². The van der Waals surface area contributed by atoms with Gasteiger partial charge in [-0.15, -0.1) is 0 Å². The summed E-state index contributed by atoms with van der Waals surface area (Å²) in [5, 5.41) is 13.2. The number of likely N-dealkylation sites (N-methyl/N-ethyl adjacent to an activating group) is 1. The van der Waals surface area contributed by atoms with Crippen molar-refractivity contribution in [3.05, 3.63) is 35.5 Å². The number of para-hydroxylation sites is 1. The second-order valence-corrected chi connectivity index (χ2v) is 4.56. The van der Waals surface area contributed by atoms with Crippen LogP contribution in [0.15, 0.2) is 24.3 Å². The smallest absolute Gasteiger partial charge is 0.304 e. The summed E-state index contributed by atoms with van der Waals surface area (Å²) >= 11 is 0. The Balaban J connectivity index is 2.48. The number of H-pyrrole nitrogens is 1. The summed E-state index contributed by atoms with van der Waals surface area (Å²) < 4.78 is 0. The molecule has 4 nitrogen and oxygen atoms in total. The highest BCUT2D eigenvalue weighted by Gasteiger charge is 2.20. The Kier molecular flexibility index (Phi) is 3.67. The Morgan fingerprint density at radius 1 is 1.44 bits per heavy atom. The van der Waals surface area contributed by atoms with Gasteiger partial charge in [0.25, 0.3) is 0 Å². The van der Waals surface area contributed by atoms with Gasteiger partial charge >= 0.3 is 5.97 Å². The molecule has 0 fully saturated rings. The van der Waals surface area contributed by atoms with E-state index in [-0.39, 0.29) is 12.3 Å². The molecule has 1 unspecified atom stereocenters. The summed E-state index contributed by atoms with van der Waals surface area (Å²) in [6, 6.07) is 8.02. The molecule has 0 aliphatic rings. The van der Waals surface area contributed by atoms with Gasteiger partial charge in [-0.2, -0.15) is 0 Å². The first kappa shape index (κ1) is 12.6. The molecule has 0 radical (unpaired) electrons.